The molecule has 0 heterocycles. The Labute approximate surface area is 101 Å². The molecule has 96 valence electrons. The molecule has 0 spiro atoms. The Morgan fingerprint density at radius 2 is 1.94 bits per heavy atom. The minimum absolute atomic E-state index is 0.0817. The van der Waals surface area contributed by atoms with Crippen molar-refractivity contribution in [1.29, 1.82) is 0 Å². The fourth-order valence-electron chi connectivity index (χ4n) is 1.25. The standard InChI is InChI=1S/C11H17NO4S/c1-9(13)10-3-5-11(6-4-10)12-17(14,15)8-7-16-2/h3-6,9,12-13H,7-8H2,1-2H3. The van der Waals surface area contributed by atoms with Crippen LogP contribution in [0.4, 0.5) is 5.69 Å². The Hall–Kier alpha value is -1.11. The summed E-state index contributed by atoms with van der Waals surface area (Å²) in [6.45, 7) is 1.80. The van der Waals surface area contributed by atoms with Gasteiger partial charge in [0, 0.05) is 12.8 Å². The quantitative estimate of drug-likeness (QED) is 0.803. The van der Waals surface area contributed by atoms with E-state index in [9.17, 15) is 13.5 Å². The summed E-state index contributed by atoms with van der Waals surface area (Å²) in [5.41, 5.74) is 1.22. The van der Waals surface area contributed by atoms with Gasteiger partial charge in [0.25, 0.3) is 0 Å². The Balaban J connectivity index is 2.69. The van der Waals surface area contributed by atoms with E-state index in [0.717, 1.165) is 5.56 Å². The van der Waals surface area contributed by atoms with E-state index >= 15 is 0 Å². The largest absolute Gasteiger partial charge is 0.389 e. The van der Waals surface area contributed by atoms with E-state index in [-0.39, 0.29) is 12.4 Å². The fraction of sp³-hybridized carbons (Fsp3) is 0.455. The lowest BCUT2D eigenvalue weighted by Crippen LogP contribution is -2.19. The van der Waals surface area contributed by atoms with Crippen molar-refractivity contribution in [2.45, 2.75) is 13.0 Å². The number of sulfonamides is 1. The van der Waals surface area contributed by atoms with E-state index in [2.05, 4.69) is 4.72 Å². The summed E-state index contributed by atoms with van der Waals surface area (Å²) >= 11 is 0. The molecule has 1 unspecified atom stereocenters. The number of rotatable bonds is 6. The number of methoxy groups -OCH3 is 1. The molecule has 17 heavy (non-hydrogen) atoms. The Bertz CT molecular complexity index is 439. The van der Waals surface area contributed by atoms with Crippen molar-refractivity contribution in [3.63, 3.8) is 0 Å². The van der Waals surface area contributed by atoms with Crippen LogP contribution >= 0.6 is 0 Å². The lowest BCUT2D eigenvalue weighted by atomic mass is 10.1. The highest BCUT2D eigenvalue weighted by Gasteiger charge is 2.10. The number of hydrogen-bond acceptors (Lipinski definition) is 4. The molecule has 6 heteroatoms. The number of aliphatic hydroxyl groups is 1. The molecule has 0 bridgehead atoms. The van der Waals surface area contributed by atoms with Crippen LogP contribution in [0.5, 0.6) is 0 Å². The molecular weight excluding hydrogens is 242 g/mol. The van der Waals surface area contributed by atoms with Crippen LogP contribution in [0.25, 0.3) is 0 Å². The van der Waals surface area contributed by atoms with Crippen LogP contribution in [0, 0.1) is 0 Å². The molecule has 5 nitrogen and oxygen atoms in total. The van der Waals surface area contributed by atoms with Crippen molar-refractivity contribution < 1.29 is 18.3 Å². The van der Waals surface area contributed by atoms with Gasteiger partial charge in [0.2, 0.25) is 10.0 Å². The van der Waals surface area contributed by atoms with Gasteiger partial charge in [-0.15, -0.1) is 0 Å². The average Bonchev–Trinajstić information content (AvgIpc) is 2.26. The zero-order chi connectivity index (χ0) is 12.9. The molecule has 0 amide bonds. The summed E-state index contributed by atoms with van der Waals surface area (Å²) in [7, 11) is -1.92. The predicted molar refractivity (Wildman–Crippen MR) is 66.4 cm³/mol. The number of aliphatic hydroxyl groups excluding tert-OH is 1. The van der Waals surface area contributed by atoms with Gasteiger partial charge in [0.15, 0.2) is 0 Å². The molecule has 2 N–H and O–H groups in total. The predicted octanol–water partition coefficient (Wildman–Crippen LogP) is 1.13. The van der Waals surface area contributed by atoms with Gasteiger partial charge in [-0.1, -0.05) is 12.1 Å². The first-order valence-corrected chi connectivity index (χ1v) is 6.87. The number of anilines is 1. The van der Waals surface area contributed by atoms with Crippen molar-refractivity contribution in [3.8, 4) is 0 Å². The van der Waals surface area contributed by atoms with E-state index in [1.165, 1.54) is 7.11 Å². The highest BCUT2D eigenvalue weighted by Crippen LogP contribution is 2.16. The van der Waals surface area contributed by atoms with E-state index in [4.69, 9.17) is 4.74 Å². The fourth-order valence-corrected chi connectivity index (χ4v) is 2.24. The van der Waals surface area contributed by atoms with Crippen LogP contribution in [0.3, 0.4) is 0 Å². The minimum atomic E-state index is -3.37. The molecule has 0 fully saturated rings. The normalized spacial score (nSPS) is 13.4. The van der Waals surface area contributed by atoms with Gasteiger partial charge < -0.3 is 9.84 Å². The third kappa shape index (κ3) is 4.72. The molecule has 0 aromatic heterocycles. The topological polar surface area (TPSA) is 75.6 Å². The van der Waals surface area contributed by atoms with E-state index in [1.807, 2.05) is 0 Å². The molecule has 1 atom stereocenters. The van der Waals surface area contributed by atoms with Crippen LogP contribution in [0.15, 0.2) is 24.3 Å². The number of nitrogens with one attached hydrogen (secondary N) is 1. The van der Waals surface area contributed by atoms with Crippen molar-refractivity contribution in [2.24, 2.45) is 0 Å². The van der Waals surface area contributed by atoms with Crippen molar-refractivity contribution in [2.75, 3.05) is 24.2 Å². The number of benzene rings is 1. The minimum Gasteiger partial charge on any atom is -0.389 e. The zero-order valence-corrected chi connectivity index (χ0v) is 10.7. The Morgan fingerprint density at radius 3 is 2.41 bits per heavy atom. The molecule has 1 aromatic carbocycles. The highest BCUT2D eigenvalue weighted by atomic mass is 32.2. The second-order valence-electron chi connectivity index (χ2n) is 3.71. The maximum absolute atomic E-state index is 11.5. The number of hydrogen-bond donors (Lipinski definition) is 2. The van der Waals surface area contributed by atoms with Gasteiger partial charge in [0.1, 0.15) is 0 Å². The van der Waals surface area contributed by atoms with Crippen LogP contribution in [-0.4, -0.2) is 33.0 Å². The van der Waals surface area contributed by atoms with Gasteiger partial charge in [-0.25, -0.2) is 8.42 Å². The summed E-state index contributed by atoms with van der Waals surface area (Å²) in [5, 5.41) is 9.31. The molecule has 1 rings (SSSR count). The maximum Gasteiger partial charge on any atom is 0.234 e. The highest BCUT2D eigenvalue weighted by molar-refractivity contribution is 7.92. The van der Waals surface area contributed by atoms with Gasteiger partial charge in [0.05, 0.1) is 18.5 Å². The third-order valence-corrected chi connectivity index (χ3v) is 3.47. The van der Waals surface area contributed by atoms with Gasteiger partial charge in [-0.2, -0.15) is 0 Å². The van der Waals surface area contributed by atoms with Crippen molar-refractivity contribution in [3.05, 3.63) is 29.8 Å². The average molecular weight is 259 g/mol. The molecule has 0 saturated heterocycles. The summed E-state index contributed by atoms with van der Waals surface area (Å²) in [6.07, 6.45) is -0.561. The van der Waals surface area contributed by atoms with Gasteiger partial charge in [-0.05, 0) is 24.6 Å². The summed E-state index contributed by atoms with van der Waals surface area (Å²) < 4.78 is 30.2. The Morgan fingerprint density at radius 1 is 1.35 bits per heavy atom. The van der Waals surface area contributed by atoms with Crippen molar-refractivity contribution in [1.82, 2.24) is 0 Å². The van der Waals surface area contributed by atoms with E-state index < -0.39 is 16.1 Å². The molecule has 0 saturated carbocycles. The lowest BCUT2D eigenvalue weighted by molar-refractivity contribution is 0.199. The molecular formula is C11H17NO4S. The van der Waals surface area contributed by atoms with E-state index in [0.29, 0.717) is 5.69 Å². The molecule has 0 aliphatic carbocycles. The first-order chi connectivity index (χ1) is 7.94. The molecule has 1 aromatic rings. The summed E-state index contributed by atoms with van der Waals surface area (Å²) in [5.74, 6) is -0.0817. The monoisotopic (exact) mass is 259 g/mol. The van der Waals surface area contributed by atoms with Crippen LogP contribution in [0.2, 0.25) is 0 Å². The SMILES string of the molecule is COCCS(=O)(=O)Nc1ccc(C(C)O)cc1. The van der Waals surface area contributed by atoms with Gasteiger partial charge >= 0.3 is 0 Å². The zero-order valence-electron chi connectivity index (χ0n) is 9.88. The first-order valence-electron chi connectivity index (χ1n) is 5.22. The lowest BCUT2D eigenvalue weighted by Gasteiger charge is -2.09. The number of ether oxygens (including phenoxy) is 1. The summed E-state index contributed by atoms with van der Waals surface area (Å²) in [4.78, 5) is 0. The van der Waals surface area contributed by atoms with E-state index in [1.54, 1.807) is 31.2 Å². The first kappa shape index (κ1) is 14.0. The smallest absolute Gasteiger partial charge is 0.234 e. The van der Waals surface area contributed by atoms with Crippen LogP contribution in [0.1, 0.15) is 18.6 Å². The second-order valence-corrected chi connectivity index (χ2v) is 5.55. The second kappa shape index (κ2) is 6.00. The molecule has 0 aliphatic rings. The molecule has 0 radical (unpaired) electrons. The maximum atomic E-state index is 11.5. The summed E-state index contributed by atoms with van der Waals surface area (Å²) in [6, 6.07) is 6.59. The van der Waals surface area contributed by atoms with Crippen LogP contribution < -0.4 is 4.72 Å². The molecule has 0 aliphatic heterocycles. The van der Waals surface area contributed by atoms with Gasteiger partial charge in [-0.3, -0.25) is 4.72 Å². The Kier molecular flexibility index (Phi) is 4.92. The van der Waals surface area contributed by atoms with Crippen LogP contribution in [-0.2, 0) is 14.8 Å². The third-order valence-electron chi connectivity index (χ3n) is 2.22. The van der Waals surface area contributed by atoms with Crippen molar-refractivity contribution >= 4 is 15.7 Å².